The lowest BCUT2D eigenvalue weighted by Gasteiger charge is -2.24. The molecule has 0 unspecified atom stereocenters. The third kappa shape index (κ3) is 6.37. The molecule has 0 atom stereocenters. The van der Waals surface area contributed by atoms with Crippen molar-refractivity contribution in [2.24, 2.45) is 4.99 Å². The largest absolute Gasteiger partial charge is 0.354 e. The number of thiazole rings is 1. The maximum absolute atomic E-state index is 13.1. The molecule has 1 aliphatic heterocycles. The number of nitrogens with zero attached hydrogens (tertiary/aromatic N) is 3. The fourth-order valence-electron chi connectivity index (χ4n) is 3.64. The molecule has 32 heavy (non-hydrogen) atoms. The highest BCUT2D eigenvalue weighted by molar-refractivity contribution is 7.16. The average Bonchev–Trinajstić information content (AvgIpc) is 3.05. The number of likely N-dealkylation sites (N-methyl/N-ethyl adjacent to an activating group) is 1. The van der Waals surface area contributed by atoms with Gasteiger partial charge in [0.15, 0.2) is 5.84 Å². The van der Waals surface area contributed by atoms with Crippen LogP contribution in [0.2, 0.25) is 0 Å². The molecule has 7 heteroatoms. The summed E-state index contributed by atoms with van der Waals surface area (Å²) in [6, 6.07) is 8.10. The van der Waals surface area contributed by atoms with E-state index in [9.17, 15) is 4.39 Å². The number of anilines is 2. The van der Waals surface area contributed by atoms with Crippen molar-refractivity contribution in [1.29, 1.82) is 0 Å². The summed E-state index contributed by atoms with van der Waals surface area (Å²) in [5.74, 6) is 0.507. The zero-order valence-corrected chi connectivity index (χ0v) is 19.9. The van der Waals surface area contributed by atoms with Crippen molar-refractivity contribution in [2.45, 2.75) is 33.6 Å². The molecule has 2 aromatic rings. The van der Waals surface area contributed by atoms with Crippen LogP contribution in [0.5, 0.6) is 0 Å². The molecular formula is C25H32FN5S. The van der Waals surface area contributed by atoms with Gasteiger partial charge in [0, 0.05) is 19.6 Å². The molecule has 0 amide bonds. The number of allylic oxidation sites excluding steroid dienone is 5. The van der Waals surface area contributed by atoms with E-state index in [-0.39, 0.29) is 0 Å². The lowest BCUT2D eigenvalue weighted by atomic mass is 10.1. The number of nitrogens with one attached hydrogen (secondary N) is 2. The molecule has 1 aliphatic rings. The maximum atomic E-state index is 13.1. The monoisotopic (exact) mass is 453 g/mol. The molecule has 0 saturated heterocycles. The highest BCUT2D eigenvalue weighted by Gasteiger charge is 2.24. The van der Waals surface area contributed by atoms with Crippen molar-refractivity contribution in [3.63, 3.8) is 0 Å². The third-order valence-corrected chi connectivity index (χ3v) is 5.99. The Labute approximate surface area is 194 Å². The third-order valence-electron chi connectivity index (χ3n) is 5.11. The highest BCUT2D eigenvalue weighted by atomic mass is 32.1. The molecule has 0 aliphatic carbocycles. The minimum absolute atomic E-state index is 0.401. The molecule has 0 saturated carbocycles. The topological polar surface area (TPSA) is 52.5 Å². The minimum Gasteiger partial charge on any atom is -0.354 e. The van der Waals surface area contributed by atoms with Gasteiger partial charge in [-0.15, -0.1) is 11.3 Å². The van der Waals surface area contributed by atoms with Crippen molar-refractivity contribution in [1.82, 2.24) is 15.2 Å². The Morgan fingerprint density at radius 1 is 1.31 bits per heavy atom. The molecule has 5 nitrogen and oxygen atoms in total. The van der Waals surface area contributed by atoms with Gasteiger partial charge >= 0.3 is 0 Å². The quantitative estimate of drug-likeness (QED) is 0.329. The number of hydrogen-bond donors (Lipinski definition) is 2. The smallest absolute Gasteiger partial charge is 0.158 e. The second-order valence-electron chi connectivity index (χ2n) is 7.59. The second kappa shape index (κ2) is 11.7. The lowest BCUT2D eigenvalue weighted by Crippen LogP contribution is -2.37. The lowest BCUT2D eigenvalue weighted by molar-refractivity contribution is 0.428. The van der Waals surface area contributed by atoms with Crippen LogP contribution in [-0.4, -0.2) is 41.9 Å². The Morgan fingerprint density at radius 3 is 2.88 bits per heavy atom. The first-order valence-corrected chi connectivity index (χ1v) is 11.9. The van der Waals surface area contributed by atoms with Gasteiger partial charge in [0.1, 0.15) is 16.5 Å². The summed E-state index contributed by atoms with van der Waals surface area (Å²) in [4.78, 5) is 12.0. The first kappa shape index (κ1) is 23.9. The molecule has 0 fully saturated rings. The number of aryl methyl sites for hydroxylation is 1. The van der Waals surface area contributed by atoms with Crippen LogP contribution < -0.4 is 10.6 Å². The number of amidine groups is 1. The standard InChI is InChI=1S/C25H32FN5S/c1-5-10-20(17-18(3)26)11-9-14-27-15-16-31(6-2)24-23-25(32-19(4)28-23)30-22-13-8-7-12-21(22)29-24/h5,7-8,10,12-13,17,27,30H,3,6,9,11,14-16H2,1-2,4H3/b10-5-,20-17+. The summed E-state index contributed by atoms with van der Waals surface area (Å²) >= 11 is 1.66. The summed E-state index contributed by atoms with van der Waals surface area (Å²) in [7, 11) is 0. The van der Waals surface area contributed by atoms with E-state index in [1.807, 2.05) is 50.3 Å². The van der Waals surface area contributed by atoms with Crippen LogP contribution in [0.4, 0.5) is 20.8 Å². The van der Waals surface area contributed by atoms with E-state index in [1.165, 1.54) is 6.08 Å². The van der Waals surface area contributed by atoms with Crippen LogP contribution in [-0.2, 0) is 0 Å². The first-order chi connectivity index (χ1) is 15.5. The van der Waals surface area contributed by atoms with Crippen LogP contribution in [0.25, 0.3) is 0 Å². The Hall–Kier alpha value is -2.77. The first-order valence-electron chi connectivity index (χ1n) is 11.1. The van der Waals surface area contributed by atoms with Crippen molar-refractivity contribution in [2.75, 3.05) is 31.5 Å². The predicted molar refractivity (Wildman–Crippen MR) is 135 cm³/mol. The number of hydrogen-bond acceptors (Lipinski definition) is 6. The SMILES string of the molecule is C=C(F)/C=C(\C=C/C)CCCNCCN(CC)C1=Nc2ccccc2Nc2sc(C)nc21. The molecule has 2 heterocycles. The summed E-state index contributed by atoms with van der Waals surface area (Å²) in [5.41, 5.74) is 3.80. The van der Waals surface area contributed by atoms with Gasteiger partial charge in [0.2, 0.25) is 0 Å². The number of para-hydroxylation sites is 2. The van der Waals surface area contributed by atoms with E-state index < -0.39 is 5.83 Å². The van der Waals surface area contributed by atoms with Gasteiger partial charge in [0.25, 0.3) is 0 Å². The molecular weight excluding hydrogens is 421 g/mol. The van der Waals surface area contributed by atoms with Gasteiger partial charge in [-0.1, -0.05) is 30.9 Å². The zero-order chi connectivity index (χ0) is 22.9. The Kier molecular flexibility index (Phi) is 8.76. The zero-order valence-electron chi connectivity index (χ0n) is 19.1. The number of aliphatic imine (C=N–C) groups is 1. The van der Waals surface area contributed by atoms with Crippen molar-refractivity contribution >= 4 is 33.5 Å². The number of fused-ring (bicyclic) bond motifs is 2. The van der Waals surface area contributed by atoms with Crippen LogP contribution in [0, 0.1) is 6.92 Å². The van der Waals surface area contributed by atoms with Crippen molar-refractivity contribution in [3.05, 3.63) is 71.2 Å². The van der Waals surface area contributed by atoms with Crippen molar-refractivity contribution in [3.8, 4) is 0 Å². The summed E-state index contributed by atoms with van der Waals surface area (Å²) in [6.07, 6.45) is 7.11. The van der Waals surface area contributed by atoms with Crippen LogP contribution in [0.3, 0.4) is 0 Å². The Balaban J connectivity index is 1.62. The van der Waals surface area contributed by atoms with Gasteiger partial charge in [-0.2, -0.15) is 0 Å². The summed E-state index contributed by atoms with van der Waals surface area (Å²) in [5, 5.41) is 9.07. The van der Waals surface area contributed by atoms with Gasteiger partial charge < -0.3 is 15.5 Å². The summed E-state index contributed by atoms with van der Waals surface area (Å²) < 4.78 is 13.1. The predicted octanol–water partition coefficient (Wildman–Crippen LogP) is 6.26. The molecule has 1 aromatic carbocycles. The second-order valence-corrected chi connectivity index (χ2v) is 8.79. The normalized spacial score (nSPS) is 13.2. The van der Waals surface area contributed by atoms with E-state index in [0.29, 0.717) is 0 Å². The van der Waals surface area contributed by atoms with E-state index >= 15 is 0 Å². The van der Waals surface area contributed by atoms with Gasteiger partial charge in [-0.3, -0.25) is 0 Å². The minimum atomic E-state index is -0.401. The van der Waals surface area contributed by atoms with Gasteiger partial charge in [0.05, 0.1) is 16.4 Å². The Bertz CT molecular complexity index is 1020. The van der Waals surface area contributed by atoms with Crippen LogP contribution in [0.1, 0.15) is 37.4 Å². The molecule has 2 N–H and O–H groups in total. The van der Waals surface area contributed by atoms with Crippen molar-refractivity contribution < 1.29 is 4.39 Å². The molecule has 1 aromatic heterocycles. The fourth-order valence-corrected chi connectivity index (χ4v) is 4.47. The average molecular weight is 454 g/mol. The number of benzene rings is 1. The van der Waals surface area contributed by atoms with Crippen LogP contribution >= 0.6 is 11.3 Å². The van der Waals surface area contributed by atoms with E-state index in [2.05, 4.69) is 29.0 Å². The van der Waals surface area contributed by atoms with E-state index in [1.54, 1.807) is 11.3 Å². The fraction of sp³-hybridized carbons (Fsp3) is 0.360. The van der Waals surface area contributed by atoms with Gasteiger partial charge in [-0.25, -0.2) is 14.4 Å². The maximum Gasteiger partial charge on any atom is 0.158 e. The molecule has 0 bridgehead atoms. The Morgan fingerprint density at radius 2 is 2.12 bits per heavy atom. The van der Waals surface area contributed by atoms with E-state index in [0.717, 1.165) is 77.5 Å². The number of aromatic nitrogens is 1. The number of halogens is 1. The molecule has 3 rings (SSSR count). The van der Waals surface area contributed by atoms with Crippen LogP contribution in [0.15, 0.2) is 65.5 Å². The molecule has 0 radical (unpaired) electrons. The number of rotatable bonds is 10. The molecule has 0 spiro atoms. The molecule has 170 valence electrons. The highest BCUT2D eigenvalue weighted by Crippen LogP contribution is 2.37. The summed E-state index contributed by atoms with van der Waals surface area (Å²) in [6.45, 7) is 12.8. The van der Waals surface area contributed by atoms with Gasteiger partial charge in [-0.05, 0) is 63.9 Å². The van der Waals surface area contributed by atoms with E-state index in [4.69, 9.17) is 9.98 Å².